The van der Waals surface area contributed by atoms with Gasteiger partial charge in [0.1, 0.15) is 0 Å². The third-order valence-corrected chi connectivity index (χ3v) is 6.45. The monoisotopic (exact) mass is 483 g/mol. The van der Waals surface area contributed by atoms with Gasteiger partial charge in [-0.2, -0.15) is 0 Å². The van der Waals surface area contributed by atoms with E-state index in [1.165, 1.54) is 51.4 Å². The molecule has 0 aromatic heterocycles. The van der Waals surface area contributed by atoms with Crippen molar-refractivity contribution in [2.75, 3.05) is 26.2 Å². The van der Waals surface area contributed by atoms with E-state index >= 15 is 0 Å². The maximum absolute atomic E-state index is 11.0. The molecule has 2 N–H and O–H groups in total. The Hall–Kier alpha value is -1.89. The lowest BCUT2D eigenvalue weighted by Crippen LogP contribution is -2.51. The Morgan fingerprint density at radius 3 is 1.50 bits per heavy atom. The molecule has 0 rings (SSSR count). The van der Waals surface area contributed by atoms with E-state index in [-0.39, 0.29) is 19.3 Å². The first-order valence-electron chi connectivity index (χ1n) is 13.4. The van der Waals surface area contributed by atoms with Gasteiger partial charge in [-0.1, -0.05) is 57.6 Å². The van der Waals surface area contributed by atoms with E-state index in [4.69, 9.17) is 10.2 Å². The molecule has 0 aromatic carbocycles. The second-order valence-electron chi connectivity index (χ2n) is 9.58. The number of quaternary nitrogens is 1. The fourth-order valence-corrected chi connectivity index (χ4v) is 4.51. The maximum atomic E-state index is 11.0. The molecule has 198 valence electrons. The minimum absolute atomic E-state index is 0.0222. The molecule has 0 spiro atoms. The number of carbonyl (C=O) groups excluding carboxylic acids is 1. The standard InChI is InChI=1S/C27H49NO6/c1-2-3-4-5-6-7-8-9-10-11-12-13-14-21-28(22-15-18-25(29)30,23-16-19-26(31)32)24-17-20-27(33)34/h5-6H,2-4,7-24H2,1H3,(H2-,29,30,31,32,33,34)/b6-5+. The van der Waals surface area contributed by atoms with E-state index < -0.39 is 17.9 Å². The van der Waals surface area contributed by atoms with Crippen LogP contribution in [0.25, 0.3) is 0 Å². The van der Waals surface area contributed by atoms with Crippen LogP contribution in [0.15, 0.2) is 12.2 Å². The number of hydrogen-bond donors (Lipinski definition) is 2. The van der Waals surface area contributed by atoms with Gasteiger partial charge < -0.3 is 24.6 Å². The molecule has 0 aliphatic carbocycles. The molecule has 0 aromatic rings. The van der Waals surface area contributed by atoms with Crippen molar-refractivity contribution in [1.82, 2.24) is 0 Å². The SMILES string of the molecule is CCCC/C=C/CCCCCCCCC[N+](CCCC(=O)[O-])(CCCC(=O)O)CCCC(=O)O. The van der Waals surface area contributed by atoms with Gasteiger partial charge in [-0.05, 0) is 38.5 Å². The second-order valence-corrected chi connectivity index (χ2v) is 9.58. The molecular formula is C27H49NO6. The predicted octanol–water partition coefficient (Wildman–Crippen LogP) is 4.93. The lowest BCUT2D eigenvalue weighted by atomic mass is 10.1. The van der Waals surface area contributed by atoms with Crippen molar-refractivity contribution >= 4 is 17.9 Å². The number of aliphatic carboxylic acids is 3. The summed E-state index contributed by atoms with van der Waals surface area (Å²) >= 11 is 0. The fraction of sp³-hybridized carbons (Fsp3) is 0.815. The number of rotatable bonds is 25. The molecular weight excluding hydrogens is 434 g/mol. The first-order valence-corrected chi connectivity index (χ1v) is 13.4. The predicted molar refractivity (Wildman–Crippen MR) is 133 cm³/mol. The largest absolute Gasteiger partial charge is 0.550 e. The molecule has 0 radical (unpaired) electrons. The highest BCUT2D eigenvalue weighted by Gasteiger charge is 2.26. The molecule has 0 aliphatic heterocycles. The molecule has 7 nitrogen and oxygen atoms in total. The highest BCUT2D eigenvalue weighted by molar-refractivity contribution is 5.66. The van der Waals surface area contributed by atoms with E-state index in [2.05, 4.69) is 19.1 Å². The van der Waals surface area contributed by atoms with Crippen molar-refractivity contribution in [3.63, 3.8) is 0 Å². The zero-order valence-corrected chi connectivity index (χ0v) is 21.5. The van der Waals surface area contributed by atoms with Crippen LogP contribution in [0.5, 0.6) is 0 Å². The topological polar surface area (TPSA) is 115 Å². The van der Waals surface area contributed by atoms with E-state index in [1.807, 2.05) is 0 Å². The summed E-state index contributed by atoms with van der Waals surface area (Å²) < 4.78 is 0.609. The van der Waals surface area contributed by atoms with Crippen molar-refractivity contribution in [3.8, 4) is 0 Å². The highest BCUT2D eigenvalue weighted by Crippen LogP contribution is 2.18. The molecule has 0 bridgehead atoms. The number of nitrogens with zero attached hydrogens (tertiary/aromatic N) is 1. The summed E-state index contributed by atoms with van der Waals surface area (Å²) in [6.07, 6.45) is 19.3. The summed E-state index contributed by atoms with van der Waals surface area (Å²) in [6, 6.07) is 0. The lowest BCUT2D eigenvalue weighted by Gasteiger charge is -2.39. The number of unbranched alkanes of at least 4 members (excludes halogenated alkanes) is 9. The van der Waals surface area contributed by atoms with Gasteiger partial charge in [0.15, 0.2) is 0 Å². The molecule has 0 saturated carbocycles. The first-order chi connectivity index (χ1) is 16.3. The smallest absolute Gasteiger partial charge is 0.303 e. The Labute approximate surface area is 206 Å². The molecule has 0 amide bonds. The summed E-state index contributed by atoms with van der Waals surface area (Å²) in [7, 11) is 0. The number of carboxylic acid groups (broad SMARTS) is 3. The molecule has 0 aliphatic rings. The van der Waals surface area contributed by atoms with Gasteiger partial charge in [0, 0.05) is 25.2 Å². The Kier molecular flexibility index (Phi) is 20.4. The van der Waals surface area contributed by atoms with Gasteiger partial charge in [-0.25, -0.2) is 0 Å². The van der Waals surface area contributed by atoms with Crippen molar-refractivity contribution in [2.24, 2.45) is 0 Å². The zero-order valence-electron chi connectivity index (χ0n) is 21.5. The summed E-state index contributed by atoms with van der Waals surface area (Å²) in [4.78, 5) is 32.9. The molecule has 34 heavy (non-hydrogen) atoms. The van der Waals surface area contributed by atoms with Crippen LogP contribution >= 0.6 is 0 Å². The van der Waals surface area contributed by atoms with Crippen molar-refractivity contribution in [2.45, 2.75) is 116 Å². The van der Waals surface area contributed by atoms with Crippen LogP contribution in [-0.4, -0.2) is 58.8 Å². The van der Waals surface area contributed by atoms with Gasteiger partial charge in [-0.15, -0.1) is 0 Å². The highest BCUT2D eigenvalue weighted by atomic mass is 16.4. The number of hydrogen-bond acceptors (Lipinski definition) is 4. The van der Waals surface area contributed by atoms with Crippen LogP contribution < -0.4 is 5.11 Å². The minimum atomic E-state index is -1.08. The molecule has 0 saturated heterocycles. The zero-order chi connectivity index (χ0) is 25.5. The van der Waals surface area contributed by atoms with Gasteiger partial charge >= 0.3 is 11.9 Å². The minimum Gasteiger partial charge on any atom is -0.550 e. The molecule has 0 fully saturated rings. The number of carbonyl (C=O) groups is 3. The van der Waals surface area contributed by atoms with Crippen LogP contribution in [0.3, 0.4) is 0 Å². The van der Waals surface area contributed by atoms with E-state index in [1.54, 1.807) is 0 Å². The molecule has 0 heterocycles. The van der Waals surface area contributed by atoms with E-state index in [0.29, 0.717) is 43.4 Å². The van der Waals surface area contributed by atoms with Gasteiger partial charge in [0.25, 0.3) is 0 Å². The molecule has 0 unspecified atom stereocenters. The summed E-state index contributed by atoms with van der Waals surface area (Å²) in [5, 5.41) is 29.0. The van der Waals surface area contributed by atoms with Crippen molar-refractivity contribution < 1.29 is 34.2 Å². The Morgan fingerprint density at radius 2 is 1.03 bits per heavy atom. The van der Waals surface area contributed by atoms with Gasteiger partial charge in [-0.3, -0.25) is 9.59 Å². The maximum Gasteiger partial charge on any atom is 0.303 e. The molecule has 7 heteroatoms. The normalized spacial score (nSPS) is 11.8. The van der Waals surface area contributed by atoms with Crippen molar-refractivity contribution in [3.05, 3.63) is 12.2 Å². The third-order valence-electron chi connectivity index (χ3n) is 6.45. The van der Waals surface area contributed by atoms with Gasteiger partial charge in [0.05, 0.1) is 39.0 Å². The van der Waals surface area contributed by atoms with E-state index in [9.17, 15) is 19.5 Å². The van der Waals surface area contributed by atoms with E-state index in [0.717, 1.165) is 25.8 Å². The Bertz CT molecular complexity index is 525. The average Bonchev–Trinajstić information content (AvgIpc) is 2.76. The number of carboxylic acids is 3. The lowest BCUT2D eigenvalue weighted by molar-refractivity contribution is -0.929. The third kappa shape index (κ3) is 20.7. The van der Waals surface area contributed by atoms with Crippen LogP contribution in [-0.2, 0) is 14.4 Å². The summed E-state index contributed by atoms with van der Waals surface area (Å²) in [5.41, 5.74) is 0. The Morgan fingerprint density at radius 1 is 0.618 bits per heavy atom. The quantitative estimate of drug-likeness (QED) is 0.108. The van der Waals surface area contributed by atoms with Crippen LogP contribution in [0, 0.1) is 0 Å². The van der Waals surface area contributed by atoms with Crippen LogP contribution in [0.4, 0.5) is 0 Å². The molecule has 0 atom stereocenters. The van der Waals surface area contributed by atoms with Crippen LogP contribution in [0.1, 0.15) is 116 Å². The van der Waals surface area contributed by atoms with Crippen LogP contribution in [0.2, 0.25) is 0 Å². The van der Waals surface area contributed by atoms with Crippen molar-refractivity contribution in [1.29, 1.82) is 0 Å². The van der Waals surface area contributed by atoms with Gasteiger partial charge in [0.2, 0.25) is 0 Å². The summed E-state index contributed by atoms with van der Waals surface area (Å²) in [6.45, 7) is 4.96. The summed E-state index contributed by atoms with van der Waals surface area (Å²) in [5.74, 6) is -2.75. The second kappa shape index (κ2) is 21.6. The average molecular weight is 484 g/mol. The fourth-order valence-electron chi connectivity index (χ4n) is 4.51. The Balaban J connectivity index is 4.46. The number of allylic oxidation sites excluding steroid dienone is 2. The first kappa shape index (κ1) is 32.1.